The van der Waals surface area contributed by atoms with Gasteiger partial charge in [-0.05, 0) is 41.8 Å². The fourth-order valence-electron chi connectivity index (χ4n) is 1.82. The molecule has 1 N–H and O–H groups in total. The largest absolute Gasteiger partial charge is 0.478 e. The number of carboxylic acid groups (broad SMARTS) is 1. The van der Waals surface area contributed by atoms with E-state index < -0.39 is 5.97 Å². The van der Waals surface area contributed by atoms with Crippen molar-refractivity contribution in [2.75, 3.05) is 0 Å². The minimum Gasteiger partial charge on any atom is -0.478 e. The normalized spacial score (nSPS) is 10.6. The molecule has 4 heteroatoms. The Morgan fingerprint density at radius 2 is 1.95 bits per heavy atom. The maximum atomic E-state index is 11.2. The topological polar surface area (TPSA) is 46.5 Å². The van der Waals surface area contributed by atoms with Gasteiger partial charge in [-0.3, -0.25) is 0 Å². The molecule has 20 heavy (non-hydrogen) atoms. The van der Waals surface area contributed by atoms with Crippen LogP contribution < -0.4 is 4.74 Å². The third kappa shape index (κ3) is 3.39. The summed E-state index contributed by atoms with van der Waals surface area (Å²) in [6.45, 7) is 4.20. The number of aromatic carboxylic acids is 1. The lowest BCUT2D eigenvalue weighted by molar-refractivity contribution is 0.0694. The molecule has 0 aliphatic rings. The van der Waals surface area contributed by atoms with Crippen molar-refractivity contribution in [3.8, 4) is 11.5 Å². The molecule has 104 valence electrons. The summed E-state index contributed by atoms with van der Waals surface area (Å²) in [5.74, 6) is 0.353. The van der Waals surface area contributed by atoms with E-state index in [0.717, 1.165) is 5.56 Å². The summed E-state index contributed by atoms with van der Waals surface area (Å²) in [6.07, 6.45) is 0. The molecule has 0 atom stereocenters. The maximum absolute atomic E-state index is 11.2. The summed E-state index contributed by atoms with van der Waals surface area (Å²) < 4.78 is 6.42. The van der Waals surface area contributed by atoms with Crippen LogP contribution in [0, 0.1) is 0 Å². The van der Waals surface area contributed by atoms with E-state index in [1.807, 2.05) is 24.3 Å². The summed E-state index contributed by atoms with van der Waals surface area (Å²) >= 11 is 3.26. The number of rotatable bonds is 4. The second-order valence-corrected chi connectivity index (χ2v) is 5.69. The lowest BCUT2D eigenvalue weighted by atomic mass is 10.0. The van der Waals surface area contributed by atoms with E-state index in [1.165, 1.54) is 6.07 Å². The smallest absolute Gasteiger partial charge is 0.339 e. The van der Waals surface area contributed by atoms with Crippen molar-refractivity contribution in [2.45, 2.75) is 19.8 Å². The molecule has 2 rings (SSSR count). The lowest BCUT2D eigenvalue weighted by Gasteiger charge is -2.11. The molecule has 0 fully saturated rings. The van der Waals surface area contributed by atoms with E-state index >= 15 is 0 Å². The highest BCUT2D eigenvalue weighted by molar-refractivity contribution is 9.10. The second-order valence-electron chi connectivity index (χ2n) is 4.77. The summed E-state index contributed by atoms with van der Waals surface area (Å²) in [4.78, 5) is 11.2. The molecule has 3 nitrogen and oxygen atoms in total. The third-order valence-corrected chi connectivity index (χ3v) is 3.42. The van der Waals surface area contributed by atoms with Crippen molar-refractivity contribution >= 4 is 21.9 Å². The van der Waals surface area contributed by atoms with Gasteiger partial charge in [-0.2, -0.15) is 0 Å². The van der Waals surface area contributed by atoms with Gasteiger partial charge in [-0.1, -0.05) is 41.9 Å². The first-order valence-electron chi connectivity index (χ1n) is 6.28. The van der Waals surface area contributed by atoms with Gasteiger partial charge in [-0.25, -0.2) is 4.79 Å². The predicted molar refractivity (Wildman–Crippen MR) is 81.7 cm³/mol. The average Bonchev–Trinajstić information content (AvgIpc) is 2.41. The average molecular weight is 335 g/mol. The Labute approximate surface area is 126 Å². The standard InChI is InChI=1S/C16H15BrO3/c1-10(2)11-4-3-5-13(8-11)20-15-7-6-12(17)9-14(15)16(18)19/h3-10H,1-2H3,(H,18,19). The minimum absolute atomic E-state index is 0.134. The molecular weight excluding hydrogens is 320 g/mol. The van der Waals surface area contributed by atoms with Crippen molar-refractivity contribution in [3.63, 3.8) is 0 Å². The highest BCUT2D eigenvalue weighted by atomic mass is 79.9. The van der Waals surface area contributed by atoms with Gasteiger partial charge in [0.1, 0.15) is 17.1 Å². The Balaban J connectivity index is 2.35. The Morgan fingerprint density at radius 1 is 1.20 bits per heavy atom. The summed E-state index contributed by atoms with van der Waals surface area (Å²) in [6, 6.07) is 12.6. The van der Waals surface area contributed by atoms with Crippen LogP contribution >= 0.6 is 15.9 Å². The van der Waals surface area contributed by atoms with Gasteiger partial charge in [0.25, 0.3) is 0 Å². The van der Waals surface area contributed by atoms with Gasteiger partial charge in [0.15, 0.2) is 0 Å². The van der Waals surface area contributed by atoms with Crippen molar-refractivity contribution < 1.29 is 14.6 Å². The molecule has 0 amide bonds. The monoisotopic (exact) mass is 334 g/mol. The van der Waals surface area contributed by atoms with Gasteiger partial charge < -0.3 is 9.84 Å². The number of benzene rings is 2. The van der Waals surface area contributed by atoms with Crippen LogP contribution in [0.4, 0.5) is 0 Å². The van der Waals surface area contributed by atoms with E-state index in [2.05, 4.69) is 29.8 Å². The van der Waals surface area contributed by atoms with Crippen molar-refractivity contribution in [1.82, 2.24) is 0 Å². The number of carbonyl (C=O) groups is 1. The summed E-state index contributed by atoms with van der Waals surface area (Å²) in [5.41, 5.74) is 1.28. The minimum atomic E-state index is -1.01. The zero-order chi connectivity index (χ0) is 14.7. The van der Waals surface area contributed by atoms with Crippen LogP contribution in [0.1, 0.15) is 35.7 Å². The van der Waals surface area contributed by atoms with Crippen LogP contribution in [-0.4, -0.2) is 11.1 Å². The van der Waals surface area contributed by atoms with Gasteiger partial charge in [0.05, 0.1) is 0 Å². The molecule has 0 aromatic heterocycles. The molecule has 2 aromatic carbocycles. The van der Waals surface area contributed by atoms with E-state index in [-0.39, 0.29) is 5.56 Å². The number of ether oxygens (including phenoxy) is 1. The molecule has 0 saturated heterocycles. The van der Waals surface area contributed by atoms with E-state index in [1.54, 1.807) is 12.1 Å². The van der Waals surface area contributed by atoms with Crippen molar-refractivity contribution in [3.05, 3.63) is 58.1 Å². The highest BCUT2D eigenvalue weighted by Gasteiger charge is 2.13. The zero-order valence-corrected chi connectivity index (χ0v) is 12.8. The van der Waals surface area contributed by atoms with Crippen LogP contribution in [-0.2, 0) is 0 Å². The van der Waals surface area contributed by atoms with Crippen LogP contribution in [0.25, 0.3) is 0 Å². The van der Waals surface area contributed by atoms with Crippen molar-refractivity contribution in [2.24, 2.45) is 0 Å². The predicted octanol–water partition coefficient (Wildman–Crippen LogP) is 5.06. The van der Waals surface area contributed by atoms with Crippen LogP contribution in [0.15, 0.2) is 46.9 Å². The number of hydrogen-bond donors (Lipinski definition) is 1. The zero-order valence-electron chi connectivity index (χ0n) is 11.3. The molecular formula is C16H15BrO3. The fourth-order valence-corrected chi connectivity index (χ4v) is 2.18. The first-order valence-corrected chi connectivity index (χ1v) is 7.07. The number of hydrogen-bond acceptors (Lipinski definition) is 2. The van der Waals surface area contributed by atoms with E-state index in [4.69, 9.17) is 4.74 Å². The van der Waals surface area contributed by atoms with Gasteiger partial charge in [-0.15, -0.1) is 0 Å². The Hall–Kier alpha value is -1.81. The molecule has 0 aliphatic carbocycles. The molecule has 0 bridgehead atoms. The molecule has 0 aliphatic heterocycles. The van der Waals surface area contributed by atoms with E-state index in [9.17, 15) is 9.90 Å². The molecule has 0 unspecified atom stereocenters. The fraction of sp³-hybridized carbons (Fsp3) is 0.188. The Morgan fingerprint density at radius 3 is 2.60 bits per heavy atom. The first kappa shape index (κ1) is 14.6. The number of carboxylic acids is 1. The quantitative estimate of drug-likeness (QED) is 0.849. The maximum Gasteiger partial charge on any atom is 0.339 e. The van der Waals surface area contributed by atoms with Gasteiger partial charge in [0, 0.05) is 4.47 Å². The lowest BCUT2D eigenvalue weighted by Crippen LogP contribution is -2.00. The summed E-state index contributed by atoms with van der Waals surface area (Å²) in [5, 5.41) is 9.21. The van der Waals surface area contributed by atoms with Crippen LogP contribution in [0.5, 0.6) is 11.5 Å². The molecule has 0 saturated carbocycles. The van der Waals surface area contributed by atoms with Crippen LogP contribution in [0.2, 0.25) is 0 Å². The number of halogens is 1. The Bertz CT molecular complexity index is 635. The van der Waals surface area contributed by atoms with Gasteiger partial charge >= 0.3 is 5.97 Å². The van der Waals surface area contributed by atoms with Gasteiger partial charge in [0.2, 0.25) is 0 Å². The first-order chi connectivity index (χ1) is 9.47. The molecule has 0 heterocycles. The third-order valence-electron chi connectivity index (χ3n) is 2.92. The Kier molecular flexibility index (Phi) is 4.45. The highest BCUT2D eigenvalue weighted by Crippen LogP contribution is 2.29. The molecule has 2 aromatic rings. The summed E-state index contributed by atoms with van der Waals surface area (Å²) in [7, 11) is 0. The molecule has 0 spiro atoms. The molecule has 0 radical (unpaired) electrons. The van der Waals surface area contributed by atoms with E-state index in [0.29, 0.717) is 21.9 Å². The SMILES string of the molecule is CC(C)c1cccc(Oc2ccc(Br)cc2C(=O)O)c1. The second kappa shape index (κ2) is 6.09. The van der Waals surface area contributed by atoms with Crippen molar-refractivity contribution in [1.29, 1.82) is 0 Å². The van der Waals surface area contributed by atoms with Crippen LogP contribution in [0.3, 0.4) is 0 Å².